The Hall–Kier alpha value is -3.16. The molecule has 0 saturated heterocycles. The summed E-state index contributed by atoms with van der Waals surface area (Å²) in [4.78, 5) is 4.66. The van der Waals surface area contributed by atoms with Gasteiger partial charge in [0.1, 0.15) is 11.1 Å². The molecule has 4 rings (SSSR count). The lowest BCUT2D eigenvalue weighted by molar-refractivity contribution is 0.968. The smallest absolute Gasteiger partial charge is 0.134 e. The number of aryl methyl sites for hydroxylation is 1. The summed E-state index contributed by atoms with van der Waals surface area (Å²) in [5, 5.41) is 13.5. The summed E-state index contributed by atoms with van der Waals surface area (Å²) < 4.78 is 2.08. The first kappa shape index (κ1) is 15.4. The molecule has 0 unspecified atom stereocenters. The molecule has 0 amide bonds. The second-order valence-corrected chi connectivity index (χ2v) is 6.64. The maximum atomic E-state index is 9.64. The second kappa shape index (κ2) is 6.39. The molecule has 0 radical (unpaired) electrons. The van der Waals surface area contributed by atoms with E-state index in [0.717, 1.165) is 32.7 Å². The van der Waals surface area contributed by atoms with Gasteiger partial charge in [-0.15, -0.1) is 11.3 Å². The SMILES string of the molecule is Cn1cc(/C=C(\C#N)c2nc(-c3ccccc3)cs2)c2ccccc21. The molecule has 2 heterocycles. The molecular weight excluding hydrogens is 326 g/mol. The van der Waals surface area contributed by atoms with Gasteiger partial charge in [-0.25, -0.2) is 4.98 Å². The Morgan fingerprint density at radius 1 is 1.12 bits per heavy atom. The largest absolute Gasteiger partial charge is 0.350 e. The number of aromatic nitrogens is 2. The van der Waals surface area contributed by atoms with Crippen LogP contribution in [-0.4, -0.2) is 9.55 Å². The third kappa shape index (κ3) is 2.86. The molecule has 0 spiro atoms. The van der Waals surface area contributed by atoms with Gasteiger partial charge in [0.05, 0.1) is 11.3 Å². The number of thiazole rings is 1. The number of hydrogen-bond acceptors (Lipinski definition) is 3. The summed E-state index contributed by atoms with van der Waals surface area (Å²) in [7, 11) is 2.02. The van der Waals surface area contributed by atoms with Crippen molar-refractivity contribution < 1.29 is 0 Å². The maximum absolute atomic E-state index is 9.64. The van der Waals surface area contributed by atoms with Crippen LogP contribution in [0.2, 0.25) is 0 Å². The van der Waals surface area contributed by atoms with E-state index in [1.165, 1.54) is 11.3 Å². The molecule has 0 bridgehead atoms. The molecule has 0 saturated carbocycles. The van der Waals surface area contributed by atoms with Gasteiger partial charge < -0.3 is 4.57 Å². The summed E-state index contributed by atoms with van der Waals surface area (Å²) in [5.41, 5.74) is 4.73. The molecule has 120 valence electrons. The predicted octanol–water partition coefficient (Wildman–Crippen LogP) is 5.37. The van der Waals surface area contributed by atoms with Gasteiger partial charge in [-0.2, -0.15) is 5.26 Å². The van der Waals surface area contributed by atoms with E-state index in [2.05, 4.69) is 27.8 Å². The highest BCUT2D eigenvalue weighted by molar-refractivity contribution is 7.11. The van der Waals surface area contributed by atoms with Crippen LogP contribution >= 0.6 is 11.3 Å². The highest BCUT2D eigenvalue weighted by Crippen LogP contribution is 2.29. The molecule has 2 aromatic carbocycles. The number of nitrogens with zero attached hydrogens (tertiary/aromatic N) is 3. The van der Waals surface area contributed by atoms with E-state index < -0.39 is 0 Å². The number of benzene rings is 2. The van der Waals surface area contributed by atoms with E-state index in [4.69, 9.17) is 0 Å². The van der Waals surface area contributed by atoms with Crippen molar-refractivity contribution in [3.8, 4) is 17.3 Å². The second-order valence-electron chi connectivity index (χ2n) is 5.79. The van der Waals surface area contributed by atoms with Crippen LogP contribution in [0.25, 0.3) is 33.8 Å². The van der Waals surface area contributed by atoms with E-state index >= 15 is 0 Å². The topological polar surface area (TPSA) is 41.6 Å². The van der Waals surface area contributed by atoms with Crippen molar-refractivity contribution in [2.45, 2.75) is 0 Å². The van der Waals surface area contributed by atoms with E-state index in [1.807, 2.05) is 67.2 Å². The van der Waals surface area contributed by atoms with Gasteiger partial charge in [0.2, 0.25) is 0 Å². The molecule has 2 aromatic heterocycles. The summed E-state index contributed by atoms with van der Waals surface area (Å²) >= 11 is 1.50. The predicted molar refractivity (Wildman–Crippen MR) is 104 cm³/mol. The standard InChI is InChI=1S/C21H15N3S/c1-24-13-17(18-9-5-6-10-20(18)24)11-16(12-22)21-23-19(14-25-21)15-7-3-2-4-8-15/h2-11,13-14H,1H3/b16-11+. The fourth-order valence-corrected chi connectivity index (χ4v) is 3.72. The van der Waals surface area contributed by atoms with Crippen molar-refractivity contribution in [1.82, 2.24) is 9.55 Å². The normalized spacial score (nSPS) is 11.6. The fraction of sp³-hybridized carbons (Fsp3) is 0.0476. The third-order valence-electron chi connectivity index (χ3n) is 4.15. The van der Waals surface area contributed by atoms with Crippen LogP contribution in [0.4, 0.5) is 0 Å². The van der Waals surface area contributed by atoms with Gasteiger partial charge in [0, 0.05) is 40.7 Å². The van der Waals surface area contributed by atoms with Crippen molar-refractivity contribution in [2.24, 2.45) is 7.05 Å². The average molecular weight is 341 g/mol. The summed E-state index contributed by atoms with van der Waals surface area (Å²) in [6.45, 7) is 0. The van der Waals surface area contributed by atoms with Crippen molar-refractivity contribution >= 4 is 33.9 Å². The molecule has 25 heavy (non-hydrogen) atoms. The summed E-state index contributed by atoms with van der Waals surface area (Å²) in [6, 6.07) is 20.5. The summed E-state index contributed by atoms with van der Waals surface area (Å²) in [5.74, 6) is 0. The van der Waals surface area contributed by atoms with Crippen LogP contribution in [0.5, 0.6) is 0 Å². The molecule has 0 atom stereocenters. The zero-order chi connectivity index (χ0) is 17.2. The van der Waals surface area contributed by atoms with E-state index in [1.54, 1.807) is 0 Å². The van der Waals surface area contributed by atoms with E-state index in [-0.39, 0.29) is 0 Å². The fourth-order valence-electron chi connectivity index (χ4n) is 2.92. The minimum Gasteiger partial charge on any atom is -0.350 e. The lowest BCUT2D eigenvalue weighted by Gasteiger charge is -1.96. The lowest BCUT2D eigenvalue weighted by Crippen LogP contribution is -1.83. The molecule has 3 nitrogen and oxygen atoms in total. The minimum atomic E-state index is 0.587. The monoisotopic (exact) mass is 341 g/mol. The number of fused-ring (bicyclic) bond motifs is 1. The minimum absolute atomic E-state index is 0.587. The molecule has 0 aliphatic carbocycles. The van der Waals surface area contributed by atoms with Crippen molar-refractivity contribution in [2.75, 3.05) is 0 Å². The number of allylic oxidation sites excluding steroid dienone is 1. The van der Waals surface area contributed by atoms with Gasteiger partial charge in [0.15, 0.2) is 0 Å². The van der Waals surface area contributed by atoms with Crippen LogP contribution in [0, 0.1) is 11.3 Å². The van der Waals surface area contributed by atoms with Gasteiger partial charge in [0.25, 0.3) is 0 Å². The number of para-hydroxylation sites is 1. The Kier molecular flexibility index (Phi) is 3.93. The average Bonchev–Trinajstić information content (AvgIpc) is 3.26. The van der Waals surface area contributed by atoms with Crippen LogP contribution in [-0.2, 0) is 7.05 Å². The maximum Gasteiger partial charge on any atom is 0.134 e. The van der Waals surface area contributed by atoms with Crippen molar-refractivity contribution in [3.05, 3.63) is 76.7 Å². The first-order valence-electron chi connectivity index (χ1n) is 7.93. The van der Waals surface area contributed by atoms with Gasteiger partial charge in [-0.05, 0) is 12.1 Å². The molecule has 0 aliphatic heterocycles. The van der Waals surface area contributed by atoms with Crippen LogP contribution in [0.1, 0.15) is 10.6 Å². The first-order valence-corrected chi connectivity index (χ1v) is 8.81. The quantitative estimate of drug-likeness (QED) is 0.470. The summed E-state index contributed by atoms with van der Waals surface area (Å²) in [6.07, 6.45) is 3.98. The molecule has 0 fully saturated rings. The Balaban J connectivity index is 1.77. The lowest BCUT2D eigenvalue weighted by atomic mass is 10.1. The van der Waals surface area contributed by atoms with Crippen LogP contribution < -0.4 is 0 Å². The van der Waals surface area contributed by atoms with Crippen LogP contribution in [0.15, 0.2) is 66.2 Å². The van der Waals surface area contributed by atoms with E-state index in [0.29, 0.717) is 5.57 Å². The molecule has 4 aromatic rings. The molecule has 0 aliphatic rings. The zero-order valence-corrected chi connectivity index (χ0v) is 14.5. The van der Waals surface area contributed by atoms with Crippen LogP contribution in [0.3, 0.4) is 0 Å². The Labute approximate surface area is 150 Å². The van der Waals surface area contributed by atoms with Gasteiger partial charge in [-0.1, -0.05) is 48.5 Å². The van der Waals surface area contributed by atoms with Crippen molar-refractivity contribution in [1.29, 1.82) is 5.26 Å². The molecule has 4 heteroatoms. The highest BCUT2D eigenvalue weighted by atomic mass is 32.1. The number of rotatable bonds is 3. The van der Waals surface area contributed by atoms with Gasteiger partial charge in [-0.3, -0.25) is 0 Å². The first-order chi connectivity index (χ1) is 12.3. The zero-order valence-electron chi connectivity index (χ0n) is 13.7. The van der Waals surface area contributed by atoms with Gasteiger partial charge >= 0.3 is 0 Å². The Bertz CT molecular complexity index is 1110. The highest BCUT2D eigenvalue weighted by Gasteiger charge is 2.11. The number of nitriles is 1. The van der Waals surface area contributed by atoms with E-state index in [9.17, 15) is 5.26 Å². The Morgan fingerprint density at radius 3 is 2.68 bits per heavy atom. The number of hydrogen-bond donors (Lipinski definition) is 0. The third-order valence-corrected chi connectivity index (χ3v) is 5.03. The Morgan fingerprint density at radius 2 is 1.88 bits per heavy atom. The van der Waals surface area contributed by atoms with Crippen molar-refractivity contribution in [3.63, 3.8) is 0 Å². The molecule has 0 N–H and O–H groups in total. The molecular formula is C21H15N3S.